The SMILES string of the molecule is Cc1ccc(F)c(NCCCO)c1. The van der Waals surface area contributed by atoms with Crippen molar-refractivity contribution >= 4 is 5.69 Å². The number of halogens is 1. The van der Waals surface area contributed by atoms with E-state index in [2.05, 4.69) is 5.32 Å². The van der Waals surface area contributed by atoms with Crippen LogP contribution in [0.5, 0.6) is 0 Å². The number of hydrogen-bond acceptors (Lipinski definition) is 2. The zero-order valence-electron chi connectivity index (χ0n) is 7.68. The Labute approximate surface area is 77.4 Å². The largest absolute Gasteiger partial charge is 0.396 e. The van der Waals surface area contributed by atoms with Gasteiger partial charge in [0.2, 0.25) is 0 Å². The summed E-state index contributed by atoms with van der Waals surface area (Å²) in [5.74, 6) is -0.247. The average molecular weight is 183 g/mol. The quantitative estimate of drug-likeness (QED) is 0.699. The molecule has 0 aliphatic rings. The molecule has 2 nitrogen and oxygen atoms in total. The second-order valence-corrected chi connectivity index (χ2v) is 2.99. The van der Waals surface area contributed by atoms with Crippen LogP contribution < -0.4 is 5.32 Å². The summed E-state index contributed by atoms with van der Waals surface area (Å²) >= 11 is 0. The molecule has 0 saturated carbocycles. The summed E-state index contributed by atoms with van der Waals surface area (Å²) < 4.78 is 13.1. The van der Waals surface area contributed by atoms with E-state index in [9.17, 15) is 4.39 Å². The highest BCUT2D eigenvalue weighted by atomic mass is 19.1. The fraction of sp³-hybridized carbons (Fsp3) is 0.400. The third-order valence-corrected chi connectivity index (χ3v) is 1.77. The van der Waals surface area contributed by atoms with Crippen molar-refractivity contribution in [3.8, 4) is 0 Å². The van der Waals surface area contributed by atoms with Crippen LogP contribution in [-0.4, -0.2) is 18.3 Å². The zero-order chi connectivity index (χ0) is 9.68. The molecule has 0 aliphatic heterocycles. The van der Waals surface area contributed by atoms with Crippen LogP contribution in [0.2, 0.25) is 0 Å². The van der Waals surface area contributed by atoms with Crippen molar-refractivity contribution in [2.75, 3.05) is 18.5 Å². The predicted octanol–water partition coefficient (Wildman–Crippen LogP) is 1.93. The first-order chi connectivity index (χ1) is 6.24. The number of anilines is 1. The maximum atomic E-state index is 13.1. The molecule has 0 radical (unpaired) electrons. The van der Waals surface area contributed by atoms with Crippen molar-refractivity contribution in [3.63, 3.8) is 0 Å². The molecule has 3 heteroatoms. The lowest BCUT2D eigenvalue weighted by Crippen LogP contribution is -2.05. The Morgan fingerprint density at radius 2 is 2.23 bits per heavy atom. The van der Waals surface area contributed by atoms with Gasteiger partial charge < -0.3 is 10.4 Å². The number of benzene rings is 1. The van der Waals surface area contributed by atoms with Crippen molar-refractivity contribution in [2.45, 2.75) is 13.3 Å². The molecule has 72 valence electrons. The summed E-state index contributed by atoms with van der Waals surface area (Å²) in [6.45, 7) is 2.63. The molecule has 1 aromatic carbocycles. The average Bonchev–Trinajstić information content (AvgIpc) is 2.11. The van der Waals surface area contributed by atoms with Gasteiger partial charge in [-0.2, -0.15) is 0 Å². The van der Waals surface area contributed by atoms with E-state index in [1.54, 1.807) is 12.1 Å². The minimum Gasteiger partial charge on any atom is -0.396 e. The Morgan fingerprint density at radius 3 is 2.92 bits per heavy atom. The van der Waals surface area contributed by atoms with Gasteiger partial charge in [-0.25, -0.2) is 4.39 Å². The minimum atomic E-state index is -0.247. The minimum absolute atomic E-state index is 0.125. The van der Waals surface area contributed by atoms with Crippen molar-refractivity contribution < 1.29 is 9.50 Å². The highest BCUT2D eigenvalue weighted by Crippen LogP contribution is 2.15. The number of aliphatic hydroxyl groups is 1. The van der Waals surface area contributed by atoms with E-state index in [0.29, 0.717) is 18.7 Å². The molecule has 1 rings (SSSR count). The van der Waals surface area contributed by atoms with Crippen molar-refractivity contribution in [3.05, 3.63) is 29.6 Å². The molecule has 0 amide bonds. The van der Waals surface area contributed by atoms with Gasteiger partial charge in [0.25, 0.3) is 0 Å². The number of rotatable bonds is 4. The number of aryl methyl sites for hydroxylation is 1. The Hall–Kier alpha value is -1.09. The van der Waals surface area contributed by atoms with Gasteiger partial charge in [0.15, 0.2) is 0 Å². The fourth-order valence-corrected chi connectivity index (χ4v) is 1.08. The second-order valence-electron chi connectivity index (χ2n) is 2.99. The molecule has 0 atom stereocenters. The molecule has 1 aromatic rings. The first-order valence-electron chi connectivity index (χ1n) is 4.35. The van der Waals surface area contributed by atoms with Gasteiger partial charge in [-0.1, -0.05) is 6.07 Å². The maximum Gasteiger partial charge on any atom is 0.146 e. The molecule has 0 spiro atoms. The van der Waals surface area contributed by atoms with Crippen LogP contribution in [-0.2, 0) is 0 Å². The first kappa shape index (κ1) is 9.99. The molecule has 0 unspecified atom stereocenters. The lowest BCUT2D eigenvalue weighted by molar-refractivity contribution is 0.292. The molecular formula is C10H14FNO. The van der Waals surface area contributed by atoms with Crippen LogP contribution in [0.3, 0.4) is 0 Å². The van der Waals surface area contributed by atoms with E-state index >= 15 is 0 Å². The van der Waals surface area contributed by atoms with Gasteiger partial charge >= 0.3 is 0 Å². The smallest absolute Gasteiger partial charge is 0.146 e. The van der Waals surface area contributed by atoms with E-state index in [0.717, 1.165) is 5.56 Å². The third-order valence-electron chi connectivity index (χ3n) is 1.77. The Kier molecular flexibility index (Phi) is 3.71. The normalized spacial score (nSPS) is 10.1. The van der Waals surface area contributed by atoms with Gasteiger partial charge in [-0.15, -0.1) is 0 Å². The van der Waals surface area contributed by atoms with E-state index < -0.39 is 0 Å². The molecule has 0 fully saturated rings. The molecule has 0 bridgehead atoms. The van der Waals surface area contributed by atoms with E-state index in [1.165, 1.54) is 6.07 Å². The second kappa shape index (κ2) is 4.82. The number of aliphatic hydroxyl groups excluding tert-OH is 1. The maximum absolute atomic E-state index is 13.1. The molecule has 13 heavy (non-hydrogen) atoms. The van der Waals surface area contributed by atoms with Crippen molar-refractivity contribution in [2.24, 2.45) is 0 Å². The van der Waals surface area contributed by atoms with Gasteiger partial charge in [0, 0.05) is 13.2 Å². The standard InChI is InChI=1S/C10H14FNO/c1-8-3-4-9(11)10(7-8)12-5-2-6-13/h3-4,7,12-13H,2,5-6H2,1H3. The Bertz CT molecular complexity index is 276. The van der Waals surface area contributed by atoms with E-state index in [4.69, 9.17) is 5.11 Å². The molecule has 0 saturated heterocycles. The molecular weight excluding hydrogens is 169 g/mol. The van der Waals surface area contributed by atoms with E-state index in [-0.39, 0.29) is 12.4 Å². The summed E-state index contributed by atoms with van der Waals surface area (Å²) in [5.41, 5.74) is 1.53. The van der Waals surface area contributed by atoms with Gasteiger partial charge in [-0.3, -0.25) is 0 Å². The number of hydrogen-bond donors (Lipinski definition) is 2. The fourth-order valence-electron chi connectivity index (χ4n) is 1.08. The van der Waals surface area contributed by atoms with Crippen LogP contribution in [0.25, 0.3) is 0 Å². The summed E-state index contributed by atoms with van der Waals surface area (Å²) in [7, 11) is 0. The van der Waals surface area contributed by atoms with Gasteiger partial charge in [-0.05, 0) is 31.0 Å². The number of nitrogens with one attached hydrogen (secondary N) is 1. The lowest BCUT2D eigenvalue weighted by atomic mass is 10.2. The molecule has 0 heterocycles. The Balaban J connectivity index is 2.59. The summed E-state index contributed by atoms with van der Waals surface area (Å²) in [6.07, 6.45) is 0.632. The topological polar surface area (TPSA) is 32.3 Å². The van der Waals surface area contributed by atoms with Crippen LogP contribution in [0, 0.1) is 12.7 Å². The summed E-state index contributed by atoms with van der Waals surface area (Å²) in [4.78, 5) is 0. The monoisotopic (exact) mass is 183 g/mol. The summed E-state index contributed by atoms with van der Waals surface area (Å²) in [5, 5.41) is 11.5. The highest BCUT2D eigenvalue weighted by Gasteiger charge is 1.99. The van der Waals surface area contributed by atoms with Crippen molar-refractivity contribution in [1.29, 1.82) is 0 Å². The first-order valence-corrected chi connectivity index (χ1v) is 4.35. The van der Waals surface area contributed by atoms with Crippen LogP contribution >= 0.6 is 0 Å². The van der Waals surface area contributed by atoms with E-state index in [1.807, 2.05) is 6.92 Å². The third kappa shape index (κ3) is 3.03. The Morgan fingerprint density at radius 1 is 1.46 bits per heavy atom. The van der Waals surface area contributed by atoms with Crippen LogP contribution in [0.15, 0.2) is 18.2 Å². The molecule has 2 N–H and O–H groups in total. The van der Waals surface area contributed by atoms with Crippen LogP contribution in [0.4, 0.5) is 10.1 Å². The van der Waals surface area contributed by atoms with Gasteiger partial charge in [0.1, 0.15) is 5.82 Å². The zero-order valence-corrected chi connectivity index (χ0v) is 7.68. The van der Waals surface area contributed by atoms with Crippen LogP contribution in [0.1, 0.15) is 12.0 Å². The molecule has 0 aliphatic carbocycles. The predicted molar refractivity (Wildman–Crippen MR) is 51.3 cm³/mol. The van der Waals surface area contributed by atoms with Crippen molar-refractivity contribution in [1.82, 2.24) is 0 Å². The molecule has 0 aromatic heterocycles. The lowest BCUT2D eigenvalue weighted by Gasteiger charge is -2.06. The summed E-state index contributed by atoms with van der Waals surface area (Å²) in [6, 6.07) is 4.93. The highest BCUT2D eigenvalue weighted by molar-refractivity contribution is 5.46. The van der Waals surface area contributed by atoms with Gasteiger partial charge in [0.05, 0.1) is 5.69 Å².